The molecule has 0 saturated heterocycles. The van der Waals surface area contributed by atoms with E-state index >= 15 is 0 Å². The van der Waals surface area contributed by atoms with Crippen LogP contribution in [0.4, 0.5) is 5.69 Å². The Labute approximate surface area is 143 Å². The largest absolute Gasteiger partial charge is 0.481 e. The number of carbonyl (C=O) groups is 1. The molecule has 0 atom stereocenters. The van der Waals surface area contributed by atoms with Gasteiger partial charge in [0, 0.05) is 23.3 Å². The average molecular weight is 332 g/mol. The molecule has 6 nitrogen and oxygen atoms in total. The third kappa shape index (κ3) is 2.57. The third-order valence-corrected chi connectivity index (χ3v) is 4.18. The Bertz CT molecular complexity index is 1100. The number of benzene rings is 1. The highest BCUT2D eigenvalue weighted by Gasteiger charge is 2.17. The lowest BCUT2D eigenvalue weighted by Gasteiger charge is -2.08. The van der Waals surface area contributed by atoms with Crippen molar-refractivity contribution < 1.29 is 9.53 Å². The van der Waals surface area contributed by atoms with E-state index in [2.05, 4.69) is 20.3 Å². The summed E-state index contributed by atoms with van der Waals surface area (Å²) in [6.45, 7) is 1.95. The first-order valence-corrected chi connectivity index (χ1v) is 7.85. The molecule has 3 heterocycles. The van der Waals surface area contributed by atoms with Crippen LogP contribution in [0.15, 0.2) is 48.8 Å². The third-order valence-electron chi connectivity index (χ3n) is 4.18. The maximum absolute atomic E-state index is 12.8. The predicted octanol–water partition coefficient (Wildman–Crippen LogP) is 3.68. The van der Waals surface area contributed by atoms with E-state index in [1.165, 1.54) is 0 Å². The number of carbonyl (C=O) groups excluding carboxylic acids is 1. The quantitative estimate of drug-likeness (QED) is 0.600. The zero-order valence-electron chi connectivity index (χ0n) is 13.8. The summed E-state index contributed by atoms with van der Waals surface area (Å²) in [4.78, 5) is 24.8. The molecule has 1 amide bonds. The summed E-state index contributed by atoms with van der Waals surface area (Å²) >= 11 is 0. The van der Waals surface area contributed by atoms with Crippen LogP contribution in [0.25, 0.3) is 21.9 Å². The number of ether oxygens (including phenoxy) is 1. The number of fused-ring (bicyclic) bond motifs is 3. The molecule has 0 spiro atoms. The Balaban J connectivity index is 1.85. The highest BCUT2D eigenvalue weighted by Crippen LogP contribution is 2.27. The number of pyridine rings is 2. The van der Waals surface area contributed by atoms with Gasteiger partial charge in [-0.2, -0.15) is 0 Å². The van der Waals surface area contributed by atoms with Crippen LogP contribution in [0.1, 0.15) is 15.9 Å². The van der Waals surface area contributed by atoms with Crippen molar-refractivity contribution in [1.29, 1.82) is 0 Å². The lowest BCUT2D eigenvalue weighted by molar-refractivity contribution is 0.102. The molecular weight excluding hydrogens is 316 g/mol. The second-order valence-corrected chi connectivity index (χ2v) is 5.74. The van der Waals surface area contributed by atoms with Gasteiger partial charge >= 0.3 is 0 Å². The Morgan fingerprint density at radius 3 is 2.84 bits per heavy atom. The van der Waals surface area contributed by atoms with Crippen LogP contribution in [-0.2, 0) is 0 Å². The predicted molar refractivity (Wildman–Crippen MR) is 97.1 cm³/mol. The normalized spacial score (nSPS) is 11.0. The smallest absolute Gasteiger partial charge is 0.257 e. The van der Waals surface area contributed by atoms with Crippen molar-refractivity contribution in [3.05, 3.63) is 59.9 Å². The summed E-state index contributed by atoms with van der Waals surface area (Å²) in [6.07, 6.45) is 3.39. The molecule has 2 N–H and O–H groups in total. The fraction of sp³-hybridized carbons (Fsp3) is 0.105. The summed E-state index contributed by atoms with van der Waals surface area (Å²) in [5.41, 5.74) is 4.40. The van der Waals surface area contributed by atoms with Gasteiger partial charge < -0.3 is 15.0 Å². The van der Waals surface area contributed by atoms with Crippen LogP contribution in [-0.4, -0.2) is 28.0 Å². The molecule has 0 aliphatic heterocycles. The summed E-state index contributed by atoms with van der Waals surface area (Å²) < 4.78 is 5.21. The zero-order valence-corrected chi connectivity index (χ0v) is 13.8. The molecule has 0 saturated carbocycles. The molecule has 4 rings (SSSR count). The number of anilines is 1. The first-order chi connectivity index (χ1) is 12.2. The summed E-state index contributed by atoms with van der Waals surface area (Å²) in [5, 5.41) is 3.69. The monoisotopic (exact) mass is 332 g/mol. The molecule has 124 valence electrons. The van der Waals surface area contributed by atoms with Gasteiger partial charge in [-0.25, -0.2) is 4.98 Å². The maximum Gasteiger partial charge on any atom is 0.257 e. The van der Waals surface area contributed by atoms with Crippen LogP contribution in [0.5, 0.6) is 5.88 Å². The van der Waals surface area contributed by atoms with Gasteiger partial charge in [0.1, 0.15) is 5.52 Å². The molecule has 0 aliphatic carbocycles. The number of methoxy groups -OCH3 is 1. The average Bonchev–Trinajstić information content (AvgIpc) is 3.08. The molecule has 25 heavy (non-hydrogen) atoms. The van der Waals surface area contributed by atoms with Gasteiger partial charge in [-0.15, -0.1) is 0 Å². The summed E-state index contributed by atoms with van der Waals surface area (Å²) in [7, 11) is 1.56. The molecule has 3 aromatic heterocycles. The molecule has 6 heteroatoms. The van der Waals surface area contributed by atoms with E-state index in [4.69, 9.17) is 4.74 Å². The minimum absolute atomic E-state index is 0.197. The topological polar surface area (TPSA) is 79.9 Å². The maximum atomic E-state index is 12.8. The highest BCUT2D eigenvalue weighted by molar-refractivity contribution is 6.18. The number of aromatic nitrogens is 3. The van der Waals surface area contributed by atoms with Crippen LogP contribution >= 0.6 is 0 Å². The van der Waals surface area contributed by atoms with Crippen molar-refractivity contribution in [2.75, 3.05) is 12.4 Å². The molecule has 0 aliphatic rings. The first-order valence-electron chi connectivity index (χ1n) is 7.85. The van der Waals surface area contributed by atoms with Gasteiger partial charge in [0.05, 0.1) is 29.9 Å². The molecule has 0 fully saturated rings. The lowest BCUT2D eigenvalue weighted by atomic mass is 10.1. The van der Waals surface area contributed by atoms with Crippen LogP contribution in [0, 0.1) is 6.92 Å². The summed E-state index contributed by atoms with van der Waals surface area (Å²) in [5.74, 6) is 0.283. The number of hydrogen-bond acceptors (Lipinski definition) is 4. The fourth-order valence-electron chi connectivity index (χ4n) is 2.85. The number of aromatic amines is 1. The van der Waals surface area contributed by atoms with E-state index in [1.807, 2.05) is 37.3 Å². The van der Waals surface area contributed by atoms with Crippen LogP contribution < -0.4 is 10.1 Å². The Hall–Kier alpha value is -3.41. The Kier molecular flexibility index (Phi) is 3.57. The molecule has 1 aromatic carbocycles. The second kappa shape index (κ2) is 5.90. The minimum Gasteiger partial charge on any atom is -0.481 e. The van der Waals surface area contributed by atoms with Crippen LogP contribution in [0.2, 0.25) is 0 Å². The zero-order chi connectivity index (χ0) is 17.4. The number of aryl methyl sites for hydroxylation is 1. The van der Waals surface area contributed by atoms with Crippen molar-refractivity contribution in [3.63, 3.8) is 0 Å². The Morgan fingerprint density at radius 2 is 2.04 bits per heavy atom. The van der Waals surface area contributed by atoms with Gasteiger partial charge in [-0.3, -0.25) is 9.78 Å². The minimum atomic E-state index is -0.197. The number of amides is 1. The SMILES string of the molecule is COc1ccc2ncc3[nH]cc(C(=O)Nc4ccccc4C)c3c2n1. The number of H-pyrrole nitrogens is 1. The second-order valence-electron chi connectivity index (χ2n) is 5.74. The van der Waals surface area contributed by atoms with Crippen LogP contribution in [0.3, 0.4) is 0 Å². The molecule has 0 bridgehead atoms. The molecule has 0 radical (unpaired) electrons. The van der Waals surface area contributed by atoms with Crippen molar-refractivity contribution in [1.82, 2.24) is 15.0 Å². The van der Waals surface area contributed by atoms with Gasteiger partial charge in [0.15, 0.2) is 0 Å². The standard InChI is InChI=1S/C19H16N4O2/c1-11-5-3-4-6-13(11)22-19(24)12-9-20-15-10-21-14-7-8-16(25-2)23-18(14)17(12)15/h3-10,20H,1-2H3,(H,22,24). The van der Waals surface area contributed by atoms with E-state index in [0.29, 0.717) is 22.5 Å². The van der Waals surface area contributed by atoms with Crippen molar-refractivity contribution in [2.45, 2.75) is 6.92 Å². The number of nitrogens with one attached hydrogen (secondary N) is 2. The van der Waals surface area contributed by atoms with Gasteiger partial charge in [-0.1, -0.05) is 18.2 Å². The number of nitrogens with zero attached hydrogens (tertiary/aromatic N) is 2. The number of rotatable bonds is 3. The highest BCUT2D eigenvalue weighted by atomic mass is 16.5. The van der Waals surface area contributed by atoms with Gasteiger partial charge in [0.25, 0.3) is 5.91 Å². The first kappa shape index (κ1) is 15.1. The van der Waals surface area contributed by atoms with Gasteiger partial charge in [-0.05, 0) is 24.6 Å². The van der Waals surface area contributed by atoms with E-state index in [-0.39, 0.29) is 5.91 Å². The Morgan fingerprint density at radius 1 is 1.20 bits per heavy atom. The lowest BCUT2D eigenvalue weighted by Crippen LogP contribution is -2.12. The van der Waals surface area contributed by atoms with E-state index in [9.17, 15) is 4.79 Å². The van der Waals surface area contributed by atoms with E-state index in [0.717, 1.165) is 22.2 Å². The molecule has 0 unspecified atom stereocenters. The number of hydrogen-bond donors (Lipinski definition) is 2. The molecule has 4 aromatic rings. The van der Waals surface area contributed by atoms with Gasteiger partial charge in [0.2, 0.25) is 5.88 Å². The van der Waals surface area contributed by atoms with E-state index < -0.39 is 0 Å². The van der Waals surface area contributed by atoms with Crippen molar-refractivity contribution in [2.24, 2.45) is 0 Å². The summed E-state index contributed by atoms with van der Waals surface area (Å²) in [6, 6.07) is 11.2. The van der Waals surface area contributed by atoms with E-state index in [1.54, 1.807) is 25.6 Å². The molecular formula is C19H16N4O2. The fourth-order valence-corrected chi connectivity index (χ4v) is 2.85. The van der Waals surface area contributed by atoms with Crippen molar-refractivity contribution >= 4 is 33.5 Å². The number of para-hydroxylation sites is 1. The van der Waals surface area contributed by atoms with Crippen molar-refractivity contribution in [3.8, 4) is 5.88 Å².